The number of anilines is 9. The second kappa shape index (κ2) is 14.4. The Kier molecular flexibility index (Phi) is 8.48. The molecule has 2 aliphatic rings. The molecule has 0 bridgehead atoms. The van der Waals surface area contributed by atoms with E-state index < -0.39 is 0 Å². The molecule has 0 saturated carbocycles. The van der Waals surface area contributed by atoms with Crippen LogP contribution in [-0.2, 0) is 0 Å². The molecule has 63 heavy (non-hydrogen) atoms. The van der Waals surface area contributed by atoms with E-state index in [9.17, 15) is 0 Å². The Labute approximate surface area is 369 Å². The number of hydrogen-bond acceptors (Lipinski definition) is 3. The zero-order chi connectivity index (χ0) is 42.3. The number of nitrogens with zero attached hydrogens (tertiary/aromatic N) is 4. The molecule has 4 nitrogen and oxygen atoms in total. The highest BCUT2D eigenvalue weighted by molar-refractivity contribution is 7.00. The van der Waals surface area contributed by atoms with Crippen molar-refractivity contribution in [1.29, 1.82) is 0 Å². The highest BCUT2D eigenvalue weighted by Crippen LogP contribution is 2.50. The van der Waals surface area contributed by atoms with Gasteiger partial charge in [0.05, 0.1) is 28.1 Å². The van der Waals surface area contributed by atoms with Gasteiger partial charge in [-0.2, -0.15) is 0 Å². The van der Waals surface area contributed by atoms with Gasteiger partial charge in [0.15, 0.2) is 0 Å². The number of aryl methyl sites for hydroxylation is 4. The van der Waals surface area contributed by atoms with Gasteiger partial charge in [0.2, 0.25) is 0 Å². The monoisotopic (exact) mass is 808 g/mol. The van der Waals surface area contributed by atoms with E-state index in [-0.39, 0.29) is 6.71 Å². The maximum absolute atomic E-state index is 2.56. The van der Waals surface area contributed by atoms with Gasteiger partial charge in [-0.1, -0.05) is 127 Å². The van der Waals surface area contributed by atoms with Crippen LogP contribution >= 0.6 is 0 Å². The highest BCUT2D eigenvalue weighted by atomic mass is 15.2. The van der Waals surface area contributed by atoms with Crippen LogP contribution in [0.25, 0.3) is 27.5 Å². The van der Waals surface area contributed by atoms with Gasteiger partial charge in [0.1, 0.15) is 0 Å². The number of benzene rings is 9. The Morgan fingerprint density at radius 1 is 0.365 bits per heavy atom. The zero-order valence-electron chi connectivity index (χ0n) is 35.9. The highest BCUT2D eigenvalue weighted by Gasteiger charge is 2.44. The Balaban J connectivity index is 1.15. The molecule has 1 aromatic heterocycles. The molecular weight excluding hydrogens is 763 g/mol. The van der Waals surface area contributed by atoms with E-state index >= 15 is 0 Å². The minimum atomic E-state index is 0.0354. The van der Waals surface area contributed by atoms with Crippen molar-refractivity contribution in [3.05, 3.63) is 222 Å². The molecule has 9 aromatic carbocycles. The van der Waals surface area contributed by atoms with Gasteiger partial charge in [-0.25, -0.2) is 0 Å². The SMILES string of the molecule is Cc1cccc(C)c1N1c2ccccc2B2c3ccccc3N(c3c(C)cccc3C)c3cc(N(c4ccccc4)c4ccc(-n5c6ccccc6c6ccccc65)cc4)cc1c32. The van der Waals surface area contributed by atoms with E-state index in [4.69, 9.17) is 0 Å². The average Bonchev–Trinajstić information content (AvgIpc) is 3.65. The van der Waals surface area contributed by atoms with Crippen LogP contribution in [0.1, 0.15) is 22.3 Å². The summed E-state index contributed by atoms with van der Waals surface area (Å²) in [5, 5.41) is 2.52. The summed E-state index contributed by atoms with van der Waals surface area (Å²) in [6.07, 6.45) is 0. The van der Waals surface area contributed by atoms with Crippen molar-refractivity contribution >= 4 is 96.1 Å². The van der Waals surface area contributed by atoms with E-state index in [2.05, 4.69) is 247 Å². The van der Waals surface area contributed by atoms with Crippen molar-refractivity contribution < 1.29 is 0 Å². The maximum Gasteiger partial charge on any atom is 0.252 e. The van der Waals surface area contributed by atoms with E-state index in [1.807, 2.05) is 0 Å². The summed E-state index contributed by atoms with van der Waals surface area (Å²) in [7, 11) is 0. The molecular formula is C58H45BN4. The minimum absolute atomic E-state index is 0.0354. The van der Waals surface area contributed by atoms with Crippen molar-refractivity contribution in [2.45, 2.75) is 27.7 Å². The molecule has 2 aliphatic heterocycles. The fraction of sp³-hybridized carbons (Fsp3) is 0.0690. The average molecular weight is 809 g/mol. The Morgan fingerprint density at radius 2 is 0.794 bits per heavy atom. The van der Waals surface area contributed by atoms with Gasteiger partial charge in [-0.15, -0.1) is 0 Å². The molecule has 0 saturated heterocycles. The van der Waals surface area contributed by atoms with Crippen LogP contribution < -0.4 is 31.1 Å². The molecule has 5 heteroatoms. The standard InChI is InChI=1S/C58H45BN4/c1-38-18-16-19-39(2)57(38)62-52-30-14-10-26-48(52)59-49-27-11-15-31-53(49)63(58-40(3)20-17-21-41(58)4)55-37-45(36-54(62)56(55)59)60(42-22-6-5-7-23-42)43-32-34-44(35-33-43)61-50-28-12-8-24-46(50)47-25-9-13-29-51(47)61/h5-37H,1-4H3. The van der Waals surface area contributed by atoms with Crippen LogP contribution in [0.15, 0.2) is 200 Å². The molecule has 0 spiro atoms. The third kappa shape index (κ3) is 5.62. The first-order valence-corrected chi connectivity index (χ1v) is 22.0. The number of fused-ring (bicyclic) bond motifs is 7. The molecule has 3 heterocycles. The van der Waals surface area contributed by atoms with Crippen LogP contribution in [0, 0.1) is 27.7 Å². The van der Waals surface area contributed by atoms with Gasteiger partial charge < -0.3 is 19.3 Å². The van der Waals surface area contributed by atoms with Crippen molar-refractivity contribution in [2.75, 3.05) is 14.7 Å². The third-order valence-corrected chi connectivity index (χ3v) is 13.4. The van der Waals surface area contributed by atoms with Crippen LogP contribution in [0.3, 0.4) is 0 Å². The smallest absolute Gasteiger partial charge is 0.252 e. The summed E-state index contributed by atoms with van der Waals surface area (Å²) < 4.78 is 2.39. The first-order valence-electron chi connectivity index (χ1n) is 22.0. The molecule has 0 N–H and O–H groups in total. The predicted molar refractivity (Wildman–Crippen MR) is 268 cm³/mol. The molecule has 0 aliphatic carbocycles. The van der Waals surface area contributed by atoms with Crippen LogP contribution in [-0.4, -0.2) is 11.3 Å². The lowest BCUT2D eigenvalue weighted by molar-refractivity contribution is 1.17. The third-order valence-electron chi connectivity index (χ3n) is 13.4. The lowest BCUT2D eigenvalue weighted by atomic mass is 9.33. The van der Waals surface area contributed by atoms with Crippen LogP contribution in [0.2, 0.25) is 0 Å². The lowest BCUT2D eigenvalue weighted by Crippen LogP contribution is -2.61. The van der Waals surface area contributed by atoms with E-state index in [0.717, 1.165) is 22.7 Å². The first-order chi connectivity index (χ1) is 31.0. The largest absolute Gasteiger partial charge is 0.311 e. The molecule has 0 radical (unpaired) electrons. The summed E-state index contributed by atoms with van der Waals surface area (Å²) >= 11 is 0. The first kappa shape index (κ1) is 37.0. The molecule has 0 fully saturated rings. The number of rotatable bonds is 6. The van der Waals surface area contributed by atoms with Gasteiger partial charge in [-0.05, 0) is 139 Å². The summed E-state index contributed by atoms with van der Waals surface area (Å²) in [5.41, 5.74) is 23.0. The van der Waals surface area contributed by atoms with E-state index in [1.54, 1.807) is 0 Å². The number of aromatic nitrogens is 1. The molecule has 0 unspecified atom stereocenters. The van der Waals surface area contributed by atoms with E-state index in [0.29, 0.717) is 0 Å². The van der Waals surface area contributed by atoms with E-state index in [1.165, 1.54) is 94.6 Å². The molecule has 12 rings (SSSR count). The maximum atomic E-state index is 2.56. The Morgan fingerprint density at radius 3 is 1.30 bits per heavy atom. The molecule has 300 valence electrons. The van der Waals surface area contributed by atoms with Crippen molar-refractivity contribution in [3.63, 3.8) is 0 Å². The second-order valence-corrected chi connectivity index (χ2v) is 17.2. The summed E-state index contributed by atoms with van der Waals surface area (Å²) in [6.45, 7) is 9.04. The van der Waals surface area contributed by atoms with Gasteiger partial charge in [0, 0.05) is 50.6 Å². The van der Waals surface area contributed by atoms with Gasteiger partial charge in [-0.3, -0.25) is 0 Å². The van der Waals surface area contributed by atoms with Crippen molar-refractivity contribution in [2.24, 2.45) is 0 Å². The topological polar surface area (TPSA) is 14.7 Å². The lowest BCUT2D eigenvalue weighted by Gasteiger charge is -2.46. The normalized spacial score (nSPS) is 12.7. The predicted octanol–water partition coefficient (Wildman–Crippen LogP) is 13.6. The quantitative estimate of drug-likeness (QED) is 0.156. The summed E-state index contributed by atoms with van der Waals surface area (Å²) in [6, 6.07) is 73.9. The minimum Gasteiger partial charge on any atom is -0.311 e. The van der Waals surface area contributed by atoms with Gasteiger partial charge >= 0.3 is 0 Å². The summed E-state index contributed by atoms with van der Waals surface area (Å²) in [5.74, 6) is 0. The number of para-hydroxylation sites is 7. The molecule has 0 atom stereocenters. The Hall–Kier alpha value is -7.76. The van der Waals surface area contributed by atoms with Gasteiger partial charge in [0.25, 0.3) is 6.71 Å². The second-order valence-electron chi connectivity index (χ2n) is 17.2. The van der Waals surface area contributed by atoms with Crippen molar-refractivity contribution in [1.82, 2.24) is 4.57 Å². The Bertz CT molecular complexity index is 3200. The molecule has 10 aromatic rings. The number of hydrogen-bond donors (Lipinski definition) is 0. The summed E-state index contributed by atoms with van der Waals surface area (Å²) in [4.78, 5) is 7.56. The fourth-order valence-electron chi connectivity index (χ4n) is 10.8. The fourth-order valence-corrected chi connectivity index (χ4v) is 10.8. The zero-order valence-corrected chi connectivity index (χ0v) is 35.9. The van der Waals surface area contributed by atoms with Crippen LogP contribution in [0.4, 0.5) is 51.2 Å². The van der Waals surface area contributed by atoms with Crippen molar-refractivity contribution in [3.8, 4) is 5.69 Å². The molecule has 0 amide bonds. The van der Waals surface area contributed by atoms with Crippen LogP contribution in [0.5, 0.6) is 0 Å².